The van der Waals surface area contributed by atoms with Crippen LogP contribution in [0.3, 0.4) is 0 Å². The third kappa shape index (κ3) is 5.20. The zero-order valence-corrected chi connectivity index (χ0v) is 33.2. The Hall–Kier alpha value is -7.12. The lowest BCUT2D eigenvalue weighted by atomic mass is 9.33. The van der Waals surface area contributed by atoms with Crippen LogP contribution in [0.25, 0.3) is 44.6 Å². The predicted molar refractivity (Wildman–Crippen MR) is 240 cm³/mol. The summed E-state index contributed by atoms with van der Waals surface area (Å²) >= 11 is 0. The fraction of sp³-hybridized carbons (Fsp3) is 0.115. The van der Waals surface area contributed by atoms with Crippen molar-refractivity contribution in [3.63, 3.8) is 0 Å². The van der Waals surface area contributed by atoms with Crippen molar-refractivity contribution in [1.29, 1.82) is 0 Å². The summed E-state index contributed by atoms with van der Waals surface area (Å²) in [7, 11) is 0. The molecular weight excluding hydrogens is 727 g/mol. The van der Waals surface area contributed by atoms with E-state index in [-0.39, 0.29) is 18.9 Å². The molecule has 0 fully saturated rings. The summed E-state index contributed by atoms with van der Waals surface area (Å²) in [6.07, 6.45) is 0. The van der Waals surface area contributed by atoms with Gasteiger partial charge in [-0.25, -0.2) is 0 Å². The van der Waals surface area contributed by atoms with E-state index >= 15 is 0 Å². The molecule has 0 aliphatic carbocycles. The molecule has 0 unspecified atom stereocenters. The molecule has 2 aromatic heterocycles. The molecule has 0 spiro atoms. The first kappa shape index (κ1) is 34.0. The average Bonchev–Trinajstić information content (AvgIpc) is 4.02. The summed E-state index contributed by atoms with van der Waals surface area (Å²) in [6.45, 7) is 9.04. The van der Waals surface area contributed by atoms with Crippen molar-refractivity contribution in [3.05, 3.63) is 163 Å². The maximum absolute atomic E-state index is 6.50. The highest BCUT2D eigenvalue weighted by molar-refractivity contribution is 7.00. The first-order chi connectivity index (χ1) is 28.8. The van der Waals surface area contributed by atoms with E-state index in [1.54, 1.807) is 0 Å². The zero-order valence-electron chi connectivity index (χ0n) is 33.2. The lowest BCUT2D eigenvalue weighted by Gasteiger charge is -2.44. The number of rotatable bonds is 4. The van der Waals surface area contributed by atoms with Gasteiger partial charge in [-0.15, -0.1) is 0 Å². The van der Waals surface area contributed by atoms with Gasteiger partial charge < -0.3 is 28.1 Å². The highest BCUT2D eigenvalue weighted by Crippen LogP contribution is 2.51. The quantitative estimate of drug-likeness (QED) is 0.166. The van der Waals surface area contributed by atoms with Crippen LogP contribution in [0.15, 0.2) is 160 Å². The van der Waals surface area contributed by atoms with Gasteiger partial charge in [0.15, 0.2) is 11.5 Å². The van der Waals surface area contributed by atoms with Crippen LogP contribution < -0.4 is 35.7 Å². The van der Waals surface area contributed by atoms with E-state index in [4.69, 9.17) is 18.3 Å². The summed E-state index contributed by atoms with van der Waals surface area (Å²) < 4.78 is 25.2. The molecule has 3 aliphatic rings. The maximum atomic E-state index is 6.50. The van der Waals surface area contributed by atoms with Crippen LogP contribution in [-0.4, -0.2) is 13.5 Å². The van der Waals surface area contributed by atoms with Gasteiger partial charge in [0.2, 0.25) is 6.79 Å². The number of ether oxygens (including phenoxy) is 2. The summed E-state index contributed by atoms with van der Waals surface area (Å²) in [6, 6.07) is 54.2. The highest BCUT2D eigenvalue weighted by atomic mass is 16.7. The van der Waals surface area contributed by atoms with Gasteiger partial charge in [-0.1, -0.05) is 81.4 Å². The highest BCUT2D eigenvalue weighted by Gasteiger charge is 2.46. The third-order valence-corrected chi connectivity index (χ3v) is 12.2. The number of fused-ring (bicyclic) bond motifs is 8. The Balaban J connectivity index is 1.10. The molecule has 0 N–H and O–H groups in total. The van der Waals surface area contributed by atoms with Gasteiger partial charge in [-0.3, -0.25) is 0 Å². The largest absolute Gasteiger partial charge is 0.456 e. The summed E-state index contributed by atoms with van der Waals surface area (Å²) in [5.41, 5.74) is 16.4. The second-order valence-electron chi connectivity index (χ2n) is 17.0. The van der Waals surface area contributed by atoms with Crippen LogP contribution in [0.2, 0.25) is 0 Å². The molecule has 5 heterocycles. The van der Waals surface area contributed by atoms with Crippen molar-refractivity contribution in [3.8, 4) is 34.1 Å². The Morgan fingerprint density at radius 1 is 0.542 bits per heavy atom. The molecule has 0 atom stereocenters. The van der Waals surface area contributed by atoms with Crippen molar-refractivity contribution < 1.29 is 18.3 Å². The molecular formula is C52H39BN2O4. The molecule has 9 aromatic rings. The topological polar surface area (TPSA) is 51.2 Å². The van der Waals surface area contributed by atoms with Gasteiger partial charge in [0.05, 0.1) is 5.69 Å². The Morgan fingerprint density at radius 3 is 1.83 bits per heavy atom. The van der Waals surface area contributed by atoms with Gasteiger partial charge in [0.25, 0.3) is 6.71 Å². The minimum atomic E-state index is -0.111. The van der Waals surface area contributed by atoms with Crippen molar-refractivity contribution in [2.24, 2.45) is 0 Å². The van der Waals surface area contributed by atoms with Crippen LogP contribution in [0.5, 0.6) is 11.5 Å². The number of furan rings is 2. The second kappa shape index (κ2) is 12.4. The fourth-order valence-electron chi connectivity index (χ4n) is 9.41. The van der Waals surface area contributed by atoms with E-state index in [0.29, 0.717) is 0 Å². The first-order valence-corrected chi connectivity index (χ1v) is 20.3. The lowest BCUT2D eigenvalue weighted by molar-refractivity contribution is 0.174. The lowest BCUT2D eigenvalue weighted by Crippen LogP contribution is -2.61. The molecule has 0 amide bonds. The first-order valence-electron chi connectivity index (χ1n) is 20.3. The van der Waals surface area contributed by atoms with Crippen molar-refractivity contribution in [2.75, 3.05) is 16.6 Å². The Labute approximate surface area is 342 Å². The monoisotopic (exact) mass is 766 g/mol. The molecule has 284 valence electrons. The summed E-state index contributed by atoms with van der Waals surface area (Å²) in [5.74, 6) is 3.22. The summed E-state index contributed by atoms with van der Waals surface area (Å²) in [4.78, 5) is 4.83. The molecule has 7 heteroatoms. The minimum absolute atomic E-state index is 0.0197. The predicted octanol–water partition coefficient (Wildman–Crippen LogP) is 11.9. The average molecular weight is 767 g/mol. The van der Waals surface area contributed by atoms with E-state index in [0.717, 1.165) is 101 Å². The number of para-hydroxylation sites is 2. The molecule has 12 rings (SSSR count). The van der Waals surface area contributed by atoms with Crippen LogP contribution in [0.1, 0.15) is 31.9 Å². The molecule has 0 bridgehead atoms. The second-order valence-corrected chi connectivity index (χ2v) is 17.0. The van der Waals surface area contributed by atoms with Gasteiger partial charge in [-0.2, -0.15) is 0 Å². The van der Waals surface area contributed by atoms with Crippen LogP contribution in [0, 0.1) is 6.92 Å². The minimum Gasteiger partial charge on any atom is -0.456 e. The van der Waals surface area contributed by atoms with Crippen molar-refractivity contribution in [1.82, 2.24) is 0 Å². The van der Waals surface area contributed by atoms with Gasteiger partial charge in [-0.05, 0) is 131 Å². The number of aryl methyl sites for hydroxylation is 1. The molecule has 6 nitrogen and oxygen atoms in total. The SMILES string of the molecule is Cc1cc2c3c(c1)N(c1ccc(C(C)(C)C)cc1)c1c(ccc4c1OCO4)B3c1cc(-c3cc4ccccc4o3)ccc1N2c1ccc(-c2cc3ccccc3o2)cc1. The standard InChI is InChI=1S/C52H39BN2O4/c1-31-25-42-49-43(26-31)55(38-20-16-36(17-21-38)52(2,3)4)50-39(22-24-46-51(50)57-30-56-46)53(49)40-27-35(48-29-34-10-6-8-12-45(34)59-48)15-23-41(40)54(42)37-18-13-32(14-19-37)47-28-33-9-5-7-11-44(33)58-47/h5-29H,30H2,1-4H3. The van der Waals surface area contributed by atoms with E-state index in [1.165, 1.54) is 16.5 Å². The van der Waals surface area contributed by atoms with Gasteiger partial charge >= 0.3 is 0 Å². The van der Waals surface area contributed by atoms with E-state index in [9.17, 15) is 0 Å². The van der Waals surface area contributed by atoms with Crippen molar-refractivity contribution in [2.45, 2.75) is 33.1 Å². The molecule has 3 aliphatic heterocycles. The maximum Gasteiger partial charge on any atom is 0.252 e. The number of hydrogen-bond acceptors (Lipinski definition) is 6. The fourth-order valence-corrected chi connectivity index (χ4v) is 9.41. The van der Waals surface area contributed by atoms with Gasteiger partial charge in [0.1, 0.15) is 22.7 Å². The smallest absolute Gasteiger partial charge is 0.252 e. The third-order valence-electron chi connectivity index (χ3n) is 12.2. The van der Waals surface area contributed by atoms with Crippen LogP contribution in [0.4, 0.5) is 34.1 Å². The van der Waals surface area contributed by atoms with Crippen LogP contribution in [-0.2, 0) is 5.41 Å². The van der Waals surface area contributed by atoms with E-state index in [1.807, 2.05) is 30.3 Å². The summed E-state index contributed by atoms with van der Waals surface area (Å²) in [5, 5.41) is 2.17. The molecule has 0 saturated heterocycles. The van der Waals surface area contributed by atoms with Gasteiger partial charge in [0, 0.05) is 50.3 Å². The molecule has 0 saturated carbocycles. The Kier molecular flexibility index (Phi) is 7.16. The molecule has 0 radical (unpaired) electrons. The Bertz CT molecular complexity index is 3090. The normalized spacial score (nSPS) is 13.9. The van der Waals surface area contributed by atoms with E-state index in [2.05, 4.69) is 159 Å². The molecule has 7 aromatic carbocycles. The van der Waals surface area contributed by atoms with Crippen LogP contribution >= 0.6 is 0 Å². The number of anilines is 6. The number of nitrogens with zero attached hydrogens (tertiary/aromatic N) is 2. The number of benzene rings is 7. The molecule has 59 heavy (non-hydrogen) atoms. The Morgan fingerprint density at radius 2 is 1.15 bits per heavy atom. The number of hydrogen-bond donors (Lipinski definition) is 0. The zero-order chi connectivity index (χ0) is 39.6. The van der Waals surface area contributed by atoms with Crippen molar-refractivity contribution >= 4 is 79.2 Å². The van der Waals surface area contributed by atoms with E-state index < -0.39 is 0 Å².